The van der Waals surface area contributed by atoms with Crippen LogP contribution in [0.15, 0.2) is 48.5 Å². The SMILES string of the molecule is CNc1ccccc1NC(=O)c1ccc(CCCO)cc1. The molecule has 4 heteroatoms. The van der Waals surface area contributed by atoms with E-state index in [4.69, 9.17) is 5.11 Å². The summed E-state index contributed by atoms with van der Waals surface area (Å²) < 4.78 is 0. The van der Waals surface area contributed by atoms with E-state index in [1.807, 2.05) is 55.6 Å². The van der Waals surface area contributed by atoms with Gasteiger partial charge in [0.15, 0.2) is 0 Å². The van der Waals surface area contributed by atoms with Gasteiger partial charge in [0.1, 0.15) is 0 Å². The number of rotatable bonds is 6. The summed E-state index contributed by atoms with van der Waals surface area (Å²) in [4.78, 5) is 12.2. The van der Waals surface area contributed by atoms with Gasteiger partial charge in [0.2, 0.25) is 0 Å². The number of anilines is 2. The van der Waals surface area contributed by atoms with Crippen LogP contribution in [0.3, 0.4) is 0 Å². The first-order valence-corrected chi connectivity index (χ1v) is 7.02. The van der Waals surface area contributed by atoms with Crippen LogP contribution in [0.1, 0.15) is 22.3 Å². The Morgan fingerprint density at radius 1 is 1.05 bits per heavy atom. The zero-order valence-corrected chi connectivity index (χ0v) is 12.1. The molecule has 21 heavy (non-hydrogen) atoms. The van der Waals surface area contributed by atoms with Gasteiger partial charge in [-0.1, -0.05) is 24.3 Å². The number of aliphatic hydroxyl groups excluding tert-OH is 1. The van der Waals surface area contributed by atoms with Gasteiger partial charge < -0.3 is 15.7 Å². The molecule has 0 radical (unpaired) electrons. The highest BCUT2D eigenvalue weighted by atomic mass is 16.2. The molecule has 0 aliphatic rings. The average Bonchev–Trinajstić information content (AvgIpc) is 2.54. The summed E-state index contributed by atoms with van der Waals surface area (Å²) >= 11 is 0. The van der Waals surface area contributed by atoms with Crippen molar-refractivity contribution in [2.24, 2.45) is 0 Å². The number of nitrogens with one attached hydrogen (secondary N) is 2. The molecule has 0 unspecified atom stereocenters. The van der Waals surface area contributed by atoms with Crippen LogP contribution in [-0.2, 0) is 6.42 Å². The average molecular weight is 284 g/mol. The Labute approximate surface area is 124 Å². The van der Waals surface area contributed by atoms with Crippen LogP contribution in [-0.4, -0.2) is 24.7 Å². The molecule has 2 rings (SSSR count). The second kappa shape index (κ2) is 7.45. The van der Waals surface area contributed by atoms with Crippen molar-refractivity contribution < 1.29 is 9.90 Å². The van der Waals surface area contributed by atoms with Crippen molar-refractivity contribution in [3.05, 3.63) is 59.7 Å². The fourth-order valence-corrected chi connectivity index (χ4v) is 2.11. The summed E-state index contributed by atoms with van der Waals surface area (Å²) in [6, 6.07) is 15.0. The lowest BCUT2D eigenvalue weighted by Crippen LogP contribution is -2.13. The first-order valence-electron chi connectivity index (χ1n) is 7.02. The van der Waals surface area contributed by atoms with Crippen LogP contribution >= 0.6 is 0 Å². The number of amides is 1. The minimum Gasteiger partial charge on any atom is -0.396 e. The normalized spacial score (nSPS) is 10.2. The Balaban J connectivity index is 2.06. The summed E-state index contributed by atoms with van der Waals surface area (Å²) in [7, 11) is 1.82. The molecule has 0 spiro atoms. The number of carbonyl (C=O) groups is 1. The van der Waals surface area contributed by atoms with Crippen molar-refractivity contribution in [3.8, 4) is 0 Å². The quantitative estimate of drug-likeness (QED) is 0.764. The van der Waals surface area contributed by atoms with E-state index in [-0.39, 0.29) is 12.5 Å². The van der Waals surface area contributed by atoms with Gasteiger partial charge in [-0.3, -0.25) is 4.79 Å². The van der Waals surface area contributed by atoms with Crippen molar-refractivity contribution in [1.29, 1.82) is 0 Å². The largest absolute Gasteiger partial charge is 0.396 e. The van der Waals surface area contributed by atoms with Crippen molar-refractivity contribution in [2.45, 2.75) is 12.8 Å². The summed E-state index contributed by atoms with van der Waals surface area (Å²) in [5.74, 6) is -0.133. The molecule has 0 bridgehead atoms. The van der Waals surface area contributed by atoms with Crippen LogP contribution < -0.4 is 10.6 Å². The number of aryl methyl sites for hydroxylation is 1. The molecule has 3 N–H and O–H groups in total. The second-order valence-electron chi connectivity index (χ2n) is 4.77. The maximum absolute atomic E-state index is 12.2. The smallest absolute Gasteiger partial charge is 0.255 e. The number of benzene rings is 2. The van der Waals surface area contributed by atoms with Crippen LogP contribution in [0, 0.1) is 0 Å². The summed E-state index contributed by atoms with van der Waals surface area (Å²) in [6.45, 7) is 0.184. The molecule has 0 fully saturated rings. The first kappa shape index (κ1) is 15.1. The van der Waals surface area contributed by atoms with E-state index in [0.717, 1.165) is 29.8 Å². The molecule has 0 atom stereocenters. The van der Waals surface area contributed by atoms with Gasteiger partial charge in [0.25, 0.3) is 5.91 Å². The zero-order valence-electron chi connectivity index (χ0n) is 12.1. The van der Waals surface area contributed by atoms with Gasteiger partial charge in [-0.25, -0.2) is 0 Å². The van der Waals surface area contributed by atoms with Gasteiger partial charge in [0, 0.05) is 19.2 Å². The maximum atomic E-state index is 12.2. The maximum Gasteiger partial charge on any atom is 0.255 e. The second-order valence-corrected chi connectivity index (χ2v) is 4.77. The van der Waals surface area contributed by atoms with Crippen LogP contribution in [0.5, 0.6) is 0 Å². The van der Waals surface area contributed by atoms with Gasteiger partial charge in [-0.2, -0.15) is 0 Å². The number of aliphatic hydroxyl groups is 1. The van der Waals surface area contributed by atoms with Crippen molar-refractivity contribution in [1.82, 2.24) is 0 Å². The minimum atomic E-state index is -0.133. The predicted octanol–water partition coefficient (Wildman–Crippen LogP) is 2.91. The molecule has 0 aliphatic carbocycles. The third-order valence-corrected chi connectivity index (χ3v) is 3.28. The van der Waals surface area contributed by atoms with Crippen molar-refractivity contribution in [3.63, 3.8) is 0 Å². The van der Waals surface area contributed by atoms with E-state index in [0.29, 0.717) is 5.56 Å². The Morgan fingerprint density at radius 2 is 1.71 bits per heavy atom. The molecule has 1 amide bonds. The monoisotopic (exact) mass is 284 g/mol. The molecule has 0 aliphatic heterocycles. The summed E-state index contributed by atoms with van der Waals surface area (Å²) in [6.07, 6.45) is 1.56. The molecule has 0 saturated carbocycles. The van der Waals surface area contributed by atoms with E-state index in [1.54, 1.807) is 0 Å². The molecular formula is C17H20N2O2. The van der Waals surface area contributed by atoms with E-state index in [1.165, 1.54) is 0 Å². The molecule has 0 aromatic heterocycles. The van der Waals surface area contributed by atoms with Gasteiger partial charge >= 0.3 is 0 Å². The number of carbonyl (C=O) groups excluding carboxylic acids is 1. The molecule has 110 valence electrons. The van der Waals surface area contributed by atoms with E-state index >= 15 is 0 Å². The molecule has 2 aromatic rings. The van der Waals surface area contributed by atoms with Gasteiger partial charge in [-0.05, 0) is 42.7 Å². The minimum absolute atomic E-state index is 0.133. The van der Waals surface area contributed by atoms with Gasteiger partial charge in [-0.15, -0.1) is 0 Å². The molecular weight excluding hydrogens is 264 g/mol. The highest BCUT2D eigenvalue weighted by molar-refractivity contribution is 6.05. The fraction of sp³-hybridized carbons (Fsp3) is 0.235. The van der Waals surface area contributed by atoms with Crippen molar-refractivity contribution in [2.75, 3.05) is 24.3 Å². The molecule has 2 aromatic carbocycles. The number of hydrogen-bond acceptors (Lipinski definition) is 3. The molecule has 4 nitrogen and oxygen atoms in total. The Morgan fingerprint density at radius 3 is 2.33 bits per heavy atom. The summed E-state index contributed by atoms with van der Waals surface area (Å²) in [5, 5.41) is 14.8. The molecule has 0 heterocycles. The predicted molar refractivity (Wildman–Crippen MR) is 85.8 cm³/mol. The van der Waals surface area contributed by atoms with E-state index in [2.05, 4.69) is 10.6 Å². The highest BCUT2D eigenvalue weighted by Crippen LogP contribution is 2.21. The van der Waals surface area contributed by atoms with Gasteiger partial charge in [0.05, 0.1) is 11.4 Å². The Kier molecular flexibility index (Phi) is 5.35. The topological polar surface area (TPSA) is 61.4 Å². The first-order chi connectivity index (χ1) is 10.2. The van der Waals surface area contributed by atoms with Crippen LogP contribution in [0.4, 0.5) is 11.4 Å². The van der Waals surface area contributed by atoms with E-state index < -0.39 is 0 Å². The Hall–Kier alpha value is -2.33. The standard InChI is InChI=1S/C17H20N2O2/c1-18-15-6-2-3-7-16(15)19-17(21)14-10-8-13(9-11-14)5-4-12-20/h2-3,6-11,18,20H,4-5,12H2,1H3,(H,19,21). The van der Waals surface area contributed by atoms with Crippen LogP contribution in [0.25, 0.3) is 0 Å². The van der Waals surface area contributed by atoms with E-state index in [9.17, 15) is 4.79 Å². The number of para-hydroxylation sites is 2. The fourth-order valence-electron chi connectivity index (χ4n) is 2.11. The van der Waals surface area contributed by atoms with Crippen LogP contribution in [0.2, 0.25) is 0 Å². The summed E-state index contributed by atoms with van der Waals surface area (Å²) in [5.41, 5.74) is 3.38. The lowest BCUT2D eigenvalue weighted by molar-refractivity contribution is 0.102. The third-order valence-electron chi connectivity index (χ3n) is 3.28. The lowest BCUT2D eigenvalue weighted by Gasteiger charge is -2.10. The Bertz CT molecular complexity index is 594. The highest BCUT2D eigenvalue weighted by Gasteiger charge is 2.08. The zero-order chi connectivity index (χ0) is 15.1. The third kappa shape index (κ3) is 4.07. The lowest BCUT2D eigenvalue weighted by atomic mass is 10.1. The molecule has 0 saturated heterocycles. The number of hydrogen-bond donors (Lipinski definition) is 3. The van der Waals surface area contributed by atoms with Crippen molar-refractivity contribution >= 4 is 17.3 Å².